The molecule has 0 spiro atoms. The van der Waals surface area contributed by atoms with Gasteiger partial charge in [-0.05, 0) is 30.7 Å². The van der Waals surface area contributed by atoms with Crippen molar-refractivity contribution in [3.8, 4) is 11.3 Å². The van der Waals surface area contributed by atoms with Crippen LogP contribution in [-0.4, -0.2) is 10.1 Å². The summed E-state index contributed by atoms with van der Waals surface area (Å²) in [5.74, 6) is 0. The highest BCUT2D eigenvalue weighted by molar-refractivity contribution is 6.29. The van der Waals surface area contributed by atoms with E-state index >= 15 is 0 Å². The zero-order chi connectivity index (χ0) is 9.26. The summed E-state index contributed by atoms with van der Waals surface area (Å²) in [7, 11) is 0. The Morgan fingerprint density at radius 2 is 2.23 bits per heavy atom. The van der Waals surface area contributed by atoms with Crippen LogP contribution in [0.4, 0.5) is 0 Å². The van der Waals surface area contributed by atoms with E-state index in [1.807, 2.05) is 19.1 Å². The first kappa shape index (κ1) is 8.26. The first-order chi connectivity index (χ1) is 6.25. The van der Waals surface area contributed by atoms with Crippen molar-refractivity contribution in [3.05, 3.63) is 35.3 Å². The second-order valence-corrected chi connectivity index (χ2v) is 3.08. The summed E-state index contributed by atoms with van der Waals surface area (Å²) in [6.45, 7) is 1.93. The maximum atomic E-state index is 5.59. The largest absolute Gasteiger partial charge is 0.344 e. The van der Waals surface area contributed by atoms with Gasteiger partial charge in [0.05, 0.1) is 0 Å². The number of aromatic nitrogens is 2. The second-order valence-electron chi connectivity index (χ2n) is 2.70. The van der Waals surface area contributed by atoms with Crippen LogP contribution in [0.5, 0.6) is 0 Å². The Kier molecular flexibility index (Phi) is 2.02. The van der Waals surface area contributed by atoms with Crippen molar-refractivity contribution in [1.82, 2.24) is 10.1 Å². The van der Waals surface area contributed by atoms with Gasteiger partial charge in [0.25, 0.3) is 0 Å². The Morgan fingerprint density at radius 1 is 1.38 bits per heavy atom. The molecule has 0 radical (unpaired) electrons. The minimum absolute atomic E-state index is 0.288. The minimum atomic E-state index is 0.288. The maximum Gasteiger partial charge on any atom is 0.226 e. The summed E-state index contributed by atoms with van der Waals surface area (Å²) in [6.07, 6.45) is 1.74. The van der Waals surface area contributed by atoms with E-state index in [9.17, 15) is 0 Å². The number of aryl methyl sites for hydroxylation is 1. The first-order valence-corrected chi connectivity index (χ1v) is 4.19. The van der Waals surface area contributed by atoms with Gasteiger partial charge in [-0.3, -0.25) is 4.98 Å². The van der Waals surface area contributed by atoms with Crippen molar-refractivity contribution in [2.24, 2.45) is 0 Å². The van der Waals surface area contributed by atoms with Crippen molar-refractivity contribution in [1.29, 1.82) is 0 Å². The molecule has 2 heterocycles. The first-order valence-electron chi connectivity index (χ1n) is 3.81. The molecule has 13 heavy (non-hydrogen) atoms. The molecule has 0 aliphatic rings. The van der Waals surface area contributed by atoms with Crippen LogP contribution in [0.2, 0.25) is 5.22 Å². The van der Waals surface area contributed by atoms with E-state index in [0.29, 0.717) is 5.69 Å². The van der Waals surface area contributed by atoms with Crippen molar-refractivity contribution < 1.29 is 4.52 Å². The van der Waals surface area contributed by atoms with Crippen molar-refractivity contribution >= 4 is 11.6 Å². The number of hydrogen-bond donors (Lipinski definition) is 0. The molecular formula is C9H7ClN2O. The Morgan fingerprint density at radius 3 is 2.77 bits per heavy atom. The molecule has 0 amide bonds. The molecule has 4 heteroatoms. The van der Waals surface area contributed by atoms with Crippen LogP contribution in [0.25, 0.3) is 11.3 Å². The fraction of sp³-hybridized carbons (Fsp3) is 0.111. The maximum absolute atomic E-state index is 5.59. The Bertz CT molecular complexity index is 408. The van der Waals surface area contributed by atoms with Crippen LogP contribution in [0.1, 0.15) is 5.69 Å². The normalized spacial score (nSPS) is 10.3. The van der Waals surface area contributed by atoms with Gasteiger partial charge in [-0.15, -0.1) is 0 Å². The van der Waals surface area contributed by atoms with Gasteiger partial charge in [-0.1, -0.05) is 5.16 Å². The van der Waals surface area contributed by atoms with Crippen LogP contribution in [0, 0.1) is 6.92 Å². The topological polar surface area (TPSA) is 38.9 Å². The minimum Gasteiger partial charge on any atom is -0.344 e. The molecule has 0 atom stereocenters. The average Bonchev–Trinajstić information content (AvgIpc) is 2.53. The fourth-order valence-corrected chi connectivity index (χ4v) is 1.15. The molecule has 0 aliphatic carbocycles. The van der Waals surface area contributed by atoms with Gasteiger partial charge >= 0.3 is 0 Å². The summed E-state index contributed by atoms with van der Waals surface area (Å²) in [5, 5.41) is 4.06. The summed E-state index contributed by atoms with van der Waals surface area (Å²) < 4.78 is 4.74. The Hall–Kier alpha value is -1.35. The Balaban J connectivity index is 2.41. The predicted molar refractivity (Wildman–Crippen MR) is 49.5 cm³/mol. The second kappa shape index (κ2) is 3.18. The molecular weight excluding hydrogens is 188 g/mol. The summed E-state index contributed by atoms with van der Waals surface area (Å²) in [4.78, 5) is 4.14. The molecule has 2 rings (SSSR count). The van der Waals surface area contributed by atoms with E-state index in [0.717, 1.165) is 11.3 Å². The smallest absolute Gasteiger partial charge is 0.226 e. The lowest BCUT2D eigenvalue weighted by Crippen LogP contribution is -1.81. The third kappa shape index (κ3) is 1.70. The zero-order valence-corrected chi connectivity index (χ0v) is 7.75. The molecule has 0 bridgehead atoms. The van der Waals surface area contributed by atoms with Gasteiger partial charge in [-0.2, -0.15) is 0 Å². The van der Waals surface area contributed by atoms with E-state index in [1.165, 1.54) is 0 Å². The quantitative estimate of drug-likeness (QED) is 0.701. The van der Waals surface area contributed by atoms with Gasteiger partial charge in [0.2, 0.25) is 5.22 Å². The number of nitrogens with zero attached hydrogens (tertiary/aromatic N) is 2. The third-order valence-corrected chi connectivity index (χ3v) is 1.87. The summed E-state index contributed by atoms with van der Waals surface area (Å²) in [5.41, 5.74) is 2.58. The molecule has 3 nitrogen and oxygen atoms in total. The molecule has 66 valence electrons. The molecule has 0 aliphatic heterocycles. The highest BCUT2D eigenvalue weighted by Crippen LogP contribution is 2.20. The molecule has 0 saturated carbocycles. The van der Waals surface area contributed by atoms with Crippen molar-refractivity contribution in [3.63, 3.8) is 0 Å². The van der Waals surface area contributed by atoms with Crippen LogP contribution >= 0.6 is 11.6 Å². The molecule has 0 fully saturated rings. The van der Waals surface area contributed by atoms with Gasteiger partial charge in [0.15, 0.2) is 0 Å². The summed E-state index contributed by atoms with van der Waals surface area (Å²) in [6, 6.07) is 5.50. The monoisotopic (exact) mass is 194 g/mol. The lowest BCUT2D eigenvalue weighted by Gasteiger charge is -1.94. The standard InChI is InChI=1S/C9H7ClN2O/c1-6-2-3-7(5-11-6)8-4-9(10)13-12-8/h2-5H,1H3. The zero-order valence-electron chi connectivity index (χ0n) is 6.99. The van der Waals surface area contributed by atoms with Crippen molar-refractivity contribution in [2.45, 2.75) is 6.92 Å². The highest BCUT2D eigenvalue weighted by Gasteiger charge is 2.03. The lowest BCUT2D eigenvalue weighted by molar-refractivity contribution is 0.424. The predicted octanol–water partition coefficient (Wildman–Crippen LogP) is 2.70. The van der Waals surface area contributed by atoms with Crippen LogP contribution in [-0.2, 0) is 0 Å². The molecule has 2 aromatic heterocycles. The highest BCUT2D eigenvalue weighted by atomic mass is 35.5. The average molecular weight is 195 g/mol. The van der Waals surface area contributed by atoms with Gasteiger partial charge < -0.3 is 4.52 Å². The number of halogens is 1. The molecule has 0 saturated heterocycles. The van der Waals surface area contributed by atoms with Crippen LogP contribution < -0.4 is 0 Å². The van der Waals surface area contributed by atoms with E-state index in [4.69, 9.17) is 16.1 Å². The Labute approximate surface area is 80.3 Å². The van der Waals surface area contributed by atoms with Crippen molar-refractivity contribution in [2.75, 3.05) is 0 Å². The van der Waals surface area contributed by atoms with Crippen LogP contribution in [0.15, 0.2) is 28.9 Å². The molecule has 0 unspecified atom stereocenters. The SMILES string of the molecule is Cc1ccc(-c2cc(Cl)on2)cn1. The van der Waals surface area contributed by atoms with Gasteiger partial charge in [-0.25, -0.2) is 0 Å². The molecule has 0 N–H and O–H groups in total. The number of pyridine rings is 1. The van der Waals surface area contributed by atoms with Gasteiger partial charge in [0, 0.05) is 23.5 Å². The van der Waals surface area contributed by atoms with Gasteiger partial charge in [0.1, 0.15) is 5.69 Å². The number of hydrogen-bond acceptors (Lipinski definition) is 3. The molecule has 2 aromatic rings. The summed E-state index contributed by atoms with van der Waals surface area (Å²) >= 11 is 5.59. The number of rotatable bonds is 1. The lowest BCUT2D eigenvalue weighted by atomic mass is 10.2. The third-order valence-electron chi connectivity index (χ3n) is 1.69. The van der Waals surface area contributed by atoms with Crippen LogP contribution in [0.3, 0.4) is 0 Å². The van der Waals surface area contributed by atoms with E-state index in [1.54, 1.807) is 12.3 Å². The van der Waals surface area contributed by atoms with E-state index < -0.39 is 0 Å². The molecule has 0 aromatic carbocycles. The van der Waals surface area contributed by atoms with E-state index in [2.05, 4.69) is 10.1 Å². The van der Waals surface area contributed by atoms with E-state index in [-0.39, 0.29) is 5.22 Å². The fourth-order valence-electron chi connectivity index (χ4n) is 1.01.